The van der Waals surface area contributed by atoms with Crippen molar-refractivity contribution in [2.75, 3.05) is 6.61 Å². The van der Waals surface area contributed by atoms with Crippen LogP contribution < -0.4 is 0 Å². The molecule has 0 saturated heterocycles. The van der Waals surface area contributed by atoms with E-state index in [1.54, 1.807) is 48.5 Å². The molecule has 4 rings (SSSR count). The van der Waals surface area contributed by atoms with E-state index in [-0.39, 0.29) is 30.3 Å². The van der Waals surface area contributed by atoms with Crippen LogP contribution in [0.15, 0.2) is 60.8 Å². The number of carbonyl (C=O) groups excluding carboxylic acids is 4. The Labute approximate surface area is 171 Å². The van der Waals surface area contributed by atoms with Crippen LogP contribution in [0.5, 0.6) is 0 Å². The van der Waals surface area contributed by atoms with Crippen molar-refractivity contribution in [3.05, 3.63) is 77.6 Å². The first-order chi connectivity index (χ1) is 14.4. The number of hydrogen-bond donors (Lipinski definition) is 0. The van der Waals surface area contributed by atoms with Crippen LogP contribution >= 0.6 is 0 Å². The number of carbonyl (C=O) groups is 4. The van der Waals surface area contributed by atoms with Crippen molar-refractivity contribution in [1.82, 2.24) is 14.7 Å². The van der Waals surface area contributed by atoms with Gasteiger partial charge in [0.05, 0.1) is 23.3 Å². The van der Waals surface area contributed by atoms with E-state index in [9.17, 15) is 19.2 Å². The molecule has 0 aliphatic carbocycles. The number of rotatable bonds is 5. The number of ether oxygens (including phenoxy) is 1. The van der Waals surface area contributed by atoms with Gasteiger partial charge in [0.2, 0.25) is 5.91 Å². The summed E-state index contributed by atoms with van der Waals surface area (Å²) >= 11 is 0. The van der Waals surface area contributed by atoms with Crippen LogP contribution in [-0.4, -0.2) is 45.0 Å². The van der Waals surface area contributed by atoms with Crippen molar-refractivity contribution in [3.8, 4) is 0 Å². The molecule has 8 nitrogen and oxygen atoms in total. The molecule has 3 aromatic rings. The van der Waals surface area contributed by atoms with E-state index in [0.29, 0.717) is 22.0 Å². The average molecular weight is 403 g/mol. The number of nitrogens with zero attached hydrogens (tertiary/aromatic N) is 3. The second kappa shape index (κ2) is 7.40. The zero-order valence-electron chi connectivity index (χ0n) is 16.1. The Kier molecular flexibility index (Phi) is 4.75. The molecule has 1 aromatic heterocycles. The van der Waals surface area contributed by atoms with Gasteiger partial charge in [-0.15, -0.1) is 0 Å². The molecule has 150 valence electrons. The average Bonchev–Trinajstić information content (AvgIpc) is 3.24. The fraction of sp³-hybridized carbons (Fsp3) is 0.136. The lowest BCUT2D eigenvalue weighted by Gasteiger charge is -2.16. The monoisotopic (exact) mass is 403 g/mol. The number of para-hydroxylation sites is 1. The fourth-order valence-electron chi connectivity index (χ4n) is 3.38. The molecule has 0 N–H and O–H groups in total. The second-order valence-electron chi connectivity index (χ2n) is 6.74. The molecule has 2 heterocycles. The van der Waals surface area contributed by atoms with Gasteiger partial charge >= 0.3 is 5.97 Å². The Morgan fingerprint density at radius 2 is 1.60 bits per heavy atom. The summed E-state index contributed by atoms with van der Waals surface area (Å²) in [6, 6.07) is 13.4. The molecule has 0 bridgehead atoms. The summed E-state index contributed by atoms with van der Waals surface area (Å²) in [5.41, 5.74) is 1.40. The molecular weight excluding hydrogens is 386 g/mol. The maximum Gasteiger partial charge on any atom is 0.359 e. The van der Waals surface area contributed by atoms with Gasteiger partial charge in [0.15, 0.2) is 5.69 Å². The van der Waals surface area contributed by atoms with Gasteiger partial charge in [-0.05, 0) is 18.2 Å². The molecule has 0 unspecified atom stereocenters. The third-order valence-corrected chi connectivity index (χ3v) is 4.81. The minimum atomic E-state index is -0.707. The van der Waals surface area contributed by atoms with Gasteiger partial charge in [0.1, 0.15) is 0 Å². The lowest BCUT2D eigenvalue weighted by Crippen LogP contribution is -2.29. The van der Waals surface area contributed by atoms with Gasteiger partial charge in [-0.1, -0.05) is 36.9 Å². The van der Waals surface area contributed by atoms with Gasteiger partial charge in [-0.2, -0.15) is 9.78 Å². The van der Waals surface area contributed by atoms with E-state index >= 15 is 0 Å². The molecule has 0 radical (unpaired) electrons. The van der Waals surface area contributed by atoms with Crippen LogP contribution in [0.4, 0.5) is 0 Å². The van der Waals surface area contributed by atoms with Crippen molar-refractivity contribution in [1.29, 1.82) is 0 Å². The molecule has 30 heavy (non-hydrogen) atoms. The summed E-state index contributed by atoms with van der Waals surface area (Å²) in [6.07, 6.45) is 0.0859. The molecule has 0 fully saturated rings. The Balaban J connectivity index is 1.44. The third-order valence-electron chi connectivity index (χ3n) is 4.81. The molecule has 2 amide bonds. The highest BCUT2D eigenvalue weighted by Gasteiger charge is 2.36. The molecule has 0 saturated carbocycles. The molecule has 8 heteroatoms. The fourth-order valence-corrected chi connectivity index (χ4v) is 3.38. The summed E-state index contributed by atoms with van der Waals surface area (Å²) in [7, 11) is 0. The number of benzene rings is 2. The molecule has 2 aromatic carbocycles. The summed E-state index contributed by atoms with van der Waals surface area (Å²) in [5.74, 6) is -1.93. The first-order valence-corrected chi connectivity index (χ1v) is 9.21. The predicted molar refractivity (Wildman–Crippen MR) is 107 cm³/mol. The van der Waals surface area contributed by atoms with Crippen molar-refractivity contribution in [3.63, 3.8) is 0 Å². The Morgan fingerprint density at radius 1 is 1.00 bits per heavy atom. The number of amides is 2. The quantitative estimate of drug-likeness (QED) is 0.480. The standard InChI is InChI=1S/C22H17N3O5/c1-13(24-20(27)15-7-3-4-8-16(15)21(24)28)11-12-30-22(29)19-17-9-5-6-10-18(17)25(23-19)14(2)26/h3-10H,1,11-12H2,2H3. The third kappa shape index (κ3) is 3.08. The zero-order chi connectivity index (χ0) is 21.4. The van der Waals surface area contributed by atoms with Crippen molar-refractivity contribution >= 4 is 34.6 Å². The van der Waals surface area contributed by atoms with Crippen molar-refractivity contribution < 1.29 is 23.9 Å². The number of esters is 1. The lowest BCUT2D eigenvalue weighted by atomic mass is 10.1. The number of hydrogen-bond acceptors (Lipinski definition) is 6. The van der Waals surface area contributed by atoms with Crippen LogP contribution in [0.25, 0.3) is 10.9 Å². The van der Waals surface area contributed by atoms with Gasteiger partial charge in [-0.25, -0.2) is 9.69 Å². The molecule has 1 aliphatic rings. The maximum atomic E-state index is 12.5. The number of imide groups is 1. The normalized spacial score (nSPS) is 12.9. The molecule has 0 atom stereocenters. The second-order valence-corrected chi connectivity index (χ2v) is 6.74. The Bertz CT molecular complexity index is 1210. The highest BCUT2D eigenvalue weighted by atomic mass is 16.5. The minimum absolute atomic E-state index is 0.0205. The topological polar surface area (TPSA) is 98.6 Å². The van der Waals surface area contributed by atoms with E-state index in [1.165, 1.54) is 6.92 Å². The van der Waals surface area contributed by atoms with E-state index < -0.39 is 17.8 Å². The van der Waals surface area contributed by atoms with E-state index in [1.807, 2.05) is 0 Å². The van der Waals surface area contributed by atoms with Crippen LogP contribution in [0.1, 0.15) is 49.3 Å². The molecule has 0 spiro atoms. The maximum absolute atomic E-state index is 12.5. The summed E-state index contributed by atoms with van der Waals surface area (Å²) < 4.78 is 6.41. The van der Waals surface area contributed by atoms with Gasteiger partial charge in [0.25, 0.3) is 11.8 Å². The van der Waals surface area contributed by atoms with Gasteiger partial charge in [0, 0.05) is 24.4 Å². The smallest absolute Gasteiger partial charge is 0.359 e. The predicted octanol–water partition coefficient (Wildman–Crippen LogP) is 3.05. The van der Waals surface area contributed by atoms with Crippen molar-refractivity contribution in [2.45, 2.75) is 13.3 Å². The Hall–Kier alpha value is -4.07. The highest BCUT2D eigenvalue weighted by Crippen LogP contribution is 2.26. The van der Waals surface area contributed by atoms with Crippen LogP contribution in [0.3, 0.4) is 0 Å². The van der Waals surface area contributed by atoms with Crippen LogP contribution in [0.2, 0.25) is 0 Å². The largest absolute Gasteiger partial charge is 0.460 e. The Morgan fingerprint density at radius 3 is 2.23 bits per heavy atom. The highest BCUT2D eigenvalue weighted by molar-refractivity contribution is 6.22. The van der Waals surface area contributed by atoms with Gasteiger partial charge in [-0.3, -0.25) is 14.4 Å². The minimum Gasteiger partial charge on any atom is -0.460 e. The lowest BCUT2D eigenvalue weighted by molar-refractivity contribution is 0.0496. The van der Waals surface area contributed by atoms with Gasteiger partial charge < -0.3 is 4.74 Å². The summed E-state index contributed by atoms with van der Waals surface area (Å²) in [6.45, 7) is 5.04. The van der Waals surface area contributed by atoms with Crippen LogP contribution in [-0.2, 0) is 4.74 Å². The molecule has 1 aliphatic heterocycles. The van der Waals surface area contributed by atoms with E-state index in [4.69, 9.17) is 4.74 Å². The first-order valence-electron chi connectivity index (χ1n) is 9.21. The van der Waals surface area contributed by atoms with E-state index in [2.05, 4.69) is 11.7 Å². The van der Waals surface area contributed by atoms with Crippen molar-refractivity contribution in [2.24, 2.45) is 0 Å². The first kappa shape index (κ1) is 19.3. The molecular formula is C22H17N3O5. The summed E-state index contributed by atoms with van der Waals surface area (Å²) in [5, 5.41) is 4.56. The summed E-state index contributed by atoms with van der Waals surface area (Å²) in [4.78, 5) is 50.2. The van der Waals surface area contributed by atoms with Crippen LogP contribution in [0, 0.1) is 0 Å². The zero-order valence-corrected chi connectivity index (χ0v) is 16.1. The number of aromatic nitrogens is 2. The number of fused-ring (bicyclic) bond motifs is 2. The SMILES string of the molecule is C=C(CCOC(=O)c1nn(C(C)=O)c2ccccc12)N1C(=O)c2ccccc2C1=O. The van der Waals surface area contributed by atoms with E-state index in [0.717, 1.165) is 9.58 Å².